The van der Waals surface area contributed by atoms with Crippen LogP contribution in [0.25, 0.3) is 0 Å². The third kappa shape index (κ3) is 3.04. The number of carbonyl (C=O) groups is 1. The lowest BCUT2D eigenvalue weighted by Crippen LogP contribution is -2.49. The van der Waals surface area contributed by atoms with Crippen LogP contribution in [0.2, 0.25) is 0 Å². The molecule has 1 N–H and O–H groups in total. The summed E-state index contributed by atoms with van der Waals surface area (Å²) in [5, 5.41) is 2.10. The van der Waals surface area contributed by atoms with E-state index in [1.807, 2.05) is 0 Å². The van der Waals surface area contributed by atoms with Gasteiger partial charge in [0, 0.05) is 11.6 Å². The molecule has 112 valence electrons. The van der Waals surface area contributed by atoms with E-state index in [0.29, 0.717) is 5.75 Å². The lowest BCUT2D eigenvalue weighted by molar-refractivity contribution is -0.104. The molecule has 1 aliphatic rings. The predicted octanol–water partition coefficient (Wildman–Crippen LogP) is 2.54. The minimum atomic E-state index is -3.21. The molecule has 1 heterocycles. The monoisotopic (exact) mass is 309 g/mol. The Morgan fingerprint density at radius 2 is 2.05 bits per heavy atom. The molecule has 1 aliphatic heterocycles. The van der Waals surface area contributed by atoms with Gasteiger partial charge < -0.3 is 19.5 Å². The van der Waals surface area contributed by atoms with Crippen LogP contribution in [-0.2, 0) is 4.74 Å². The van der Waals surface area contributed by atoms with Crippen molar-refractivity contribution in [3.05, 3.63) is 23.8 Å². The lowest BCUT2D eigenvalue weighted by atomic mass is 9.99. The first-order chi connectivity index (χ1) is 8.97. The summed E-state index contributed by atoms with van der Waals surface area (Å²) in [7, 11) is 2.82. The molecular formula is C12H14ClF2NO4. The second kappa shape index (κ2) is 6.13. The quantitative estimate of drug-likeness (QED) is 0.932. The standard InChI is InChI=1S/C12H13F2NO4.ClH/c1-17-7-3-4-8(9(5-7)18-2)10-12(13,14)6-19-11(16)15-10;/h3-5,10H,6H2,1-2H3,(H,15,16);1H/t10-;/m1./s1. The third-order valence-corrected chi connectivity index (χ3v) is 2.83. The Kier molecular flexibility index (Phi) is 4.99. The Morgan fingerprint density at radius 3 is 2.65 bits per heavy atom. The van der Waals surface area contributed by atoms with Gasteiger partial charge in [-0.3, -0.25) is 0 Å². The second-order valence-corrected chi connectivity index (χ2v) is 4.02. The molecular weight excluding hydrogens is 296 g/mol. The van der Waals surface area contributed by atoms with Crippen molar-refractivity contribution >= 4 is 18.5 Å². The van der Waals surface area contributed by atoms with Crippen molar-refractivity contribution < 1.29 is 27.8 Å². The van der Waals surface area contributed by atoms with Crippen LogP contribution in [-0.4, -0.2) is 32.8 Å². The number of ether oxygens (including phenoxy) is 3. The largest absolute Gasteiger partial charge is 0.497 e. The average Bonchev–Trinajstić information content (AvgIpc) is 2.41. The number of hydrogen-bond acceptors (Lipinski definition) is 4. The summed E-state index contributed by atoms with van der Waals surface area (Å²) in [6, 6.07) is 2.94. The van der Waals surface area contributed by atoms with Crippen LogP contribution < -0.4 is 14.8 Å². The summed E-state index contributed by atoms with van der Waals surface area (Å²) in [4.78, 5) is 11.1. The zero-order valence-electron chi connectivity index (χ0n) is 10.8. The molecule has 0 radical (unpaired) electrons. The zero-order chi connectivity index (χ0) is 14.0. The highest BCUT2D eigenvalue weighted by Gasteiger charge is 2.47. The van der Waals surface area contributed by atoms with Crippen LogP contribution in [0.3, 0.4) is 0 Å². The molecule has 1 aromatic rings. The highest BCUT2D eigenvalue weighted by Crippen LogP contribution is 2.39. The number of alkyl halides is 2. The van der Waals surface area contributed by atoms with Gasteiger partial charge in [-0.2, -0.15) is 0 Å². The first kappa shape index (κ1) is 16.3. The number of rotatable bonds is 3. The summed E-state index contributed by atoms with van der Waals surface area (Å²) in [6.45, 7) is -0.960. The number of nitrogens with one attached hydrogen (secondary N) is 1. The summed E-state index contributed by atoms with van der Waals surface area (Å²) >= 11 is 0. The van der Waals surface area contributed by atoms with Gasteiger partial charge in [-0.25, -0.2) is 13.6 Å². The molecule has 0 spiro atoms. The van der Waals surface area contributed by atoms with Gasteiger partial charge in [0.05, 0.1) is 14.2 Å². The van der Waals surface area contributed by atoms with Crippen molar-refractivity contribution in [3.8, 4) is 11.5 Å². The summed E-state index contributed by atoms with van der Waals surface area (Å²) < 4.78 is 42.0. The molecule has 0 aliphatic carbocycles. The normalized spacial score (nSPS) is 20.2. The molecule has 1 amide bonds. The highest BCUT2D eigenvalue weighted by molar-refractivity contribution is 5.85. The van der Waals surface area contributed by atoms with Gasteiger partial charge in [0.2, 0.25) is 0 Å². The minimum absolute atomic E-state index is 0. The van der Waals surface area contributed by atoms with Crippen molar-refractivity contribution in [2.45, 2.75) is 12.0 Å². The van der Waals surface area contributed by atoms with Crippen molar-refractivity contribution in [1.29, 1.82) is 0 Å². The van der Waals surface area contributed by atoms with E-state index in [2.05, 4.69) is 10.1 Å². The van der Waals surface area contributed by atoms with E-state index in [0.717, 1.165) is 0 Å². The van der Waals surface area contributed by atoms with Crippen molar-refractivity contribution in [2.75, 3.05) is 20.8 Å². The Morgan fingerprint density at radius 1 is 1.35 bits per heavy atom. The molecule has 8 heteroatoms. The van der Waals surface area contributed by atoms with Crippen molar-refractivity contribution in [2.24, 2.45) is 0 Å². The molecule has 1 fully saturated rings. The number of hydrogen-bond donors (Lipinski definition) is 1. The van der Waals surface area contributed by atoms with Crippen LogP contribution in [0.4, 0.5) is 13.6 Å². The first-order valence-electron chi connectivity index (χ1n) is 5.51. The number of amides is 1. The second-order valence-electron chi connectivity index (χ2n) is 4.02. The van der Waals surface area contributed by atoms with E-state index < -0.39 is 24.7 Å². The first-order valence-corrected chi connectivity index (χ1v) is 5.51. The van der Waals surface area contributed by atoms with Crippen LogP contribution in [0.1, 0.15) is 11.6 Å². The van der Waals surface area contributed by atoms with E-state index in [1.165, 1.54) is 32.4 Å². The maximum Gasteiger partial charge on any atom is 0.408 e. The molecule has 2 rings (SSSR count). The molecule has 0 unspecified atom stereocenters. The molecule has 5 nitrogen and oxygen atoms in total. The topological polar surface area (TPSA) is 56.8 Å². The Labute approximate surface area is 120 Å². The molecule has 0 saturated carbocycles. The summed E-state index contributed by atoms with van der Waals surface area (Å²) in [5.41, 5.74) is 0.171. The lowest BCUT2D eigenvalue weighted by Gasteiger charge is -2.32. The fraction of sp³-hybridized carbons (Fsp3) is 0.417. The van der Waals surface area contributed by atoms with Crippen molar-refractivity contribution in [1.82, 2.24) is 5.32 Å². The van der Waals surface area contributed by atoms with Crippen LogP contribution >= 0.6 is 12.4 Å². The molecule has 1 aromatic carbocycles. The van der Waals surface area contributed by atoms with E-state index in [-0.39, 0.29) is 23.7 Å². The van der Waals surface area contributed by atoms with E-state index >= 15 is 0 Å². The van der Waals surface area contributed by atoms with E-state index in [4.69, 9.17) is 9.47 Å². The van der Waals surface area contributed by atoms with Gasteiger partial charge in [0.25, 0.3) is 0 Å². The van der Waals surface area contributed by atoms with Gasteiger partial charge in [-0.05, 0) is 12.1 Å². The van der Waals surface area contributed by atoms with Crippen LogP contribution in [0.15, 0.2) is 18.2 Å². The number of cyclic esters (lactones) is 1. The summed E-state index contributed by atoms with van der Waals surface area (Å²) in [6.07, 6.45) is -0.881. The molecule has 1 saturated heterocycles. The van der Waals surface area contributed by atoms with Crippen LogP contribution in [0, 0.1) is 0 Å². The number of benzene rings is 1. The zero-order valence-corrected chi connectivity index (χ0v) is 11.6. The van der Waals surface area contributed by atoms with Gasteiger partial charge in [0.1, 0.15) is 17.5 Å². The number of halogens is 3. The number of methoxy groups -OCH3 is 2. The molecule has 0 bridgehead atoms. The van der Waals surface area contributed by atoms with Crippen molar-refractivity contribution in [3.63, 3.8) is 0 Å². The fourth-order valence-corrected chi connectivity index (χ4v) is 1.87. The maximum atomic E-state index is 13.8. The SMILES string of the molecule is COc1ccc([C@H]2NC(=O)OCC2(F)F)c(OC)c1.Cl. The van der Waals surface area contributed by atoms with Gasteiger partial charge >= 0.3 is 12.0 Å². The Bertz CT molecular complexity index is 498. The third-order valence-electron chi connectivity index (χ3n) is 2.83. The van der Waals surface area contributed by atoms with E-state index in [9.17, 15) is 13.6 Å². The maximum absolute atomic E-state index is 13.8. The highest BCUT2D eigenvalue weighted by atomic mass is 35.5. The minimum Gasteiger partial charge on any atom is -0.497 e. The van der Waals surface area contributed by atoms with Crippen LogP contribution in [0.5, 0.6) is 11.5 Å². The van der Waals surface area contributed by atoms with Gasteiger partial charge in [-0.1, -0.05) is 0 Å². The average molecular weight is 310 g/mol. The van der Waals surface area contributed by atoms with Gasteiger partial charge in [0.15, 0.2) is 6.61 Å². The molecule has 0 aromatic heterocycles. The molecule has 20 heavy (non-hydrogen) atoms. The smallest absolute Gasteiger partial charge is 0.408 e. The number of alkyl carbamates (subject to hydrolysis) is 1. The Hall–Kier alpha value is -1.76. The molecule has 1 atom stereocenters. The number of carbonyl (C=O) groups excluding carboxylic acids is 1. The van der Waals surface area contributed by atoms with E-state index in [1.54, 1.807) is 0 Å². The Balaban J connectivity index is 0.00000200. The fourth-order valence-electron chi connectivity index (χ4n) is 1.87. The van der Waals surface area contributed by atoms with Gasteiger partial charge in [-0.15, -0.1) is 12.4 Å². The summed E-state index contributed by atoms with van der Waals surface area (Å²) in [5.74, 6) is -2.52. The predicted molar refractivity (Wildman–Crippen MR) is 69.0 cm³/mol.